The van der Waals surface area contributed by atoms with Crippen LogP contribution in [0, 0.1) is 0 Å². The lowest BCUT2D eigenvalue weighted by atomic mass is 10.2. The molecule has 0 saturated carbocycles. The molecule has 0 aromatic carbocycles. The van der Waals surface area contributed by atoms with Crippen LogP contribution < -0.4 is 0 Å². The average Bonchev–Trinajstić information content (AvgIpc) is 2.31. The zero-order valence-electron chi connectivity index (χ0n) is 11.6. The minimum Gasteiger partial charge on any atom is -0.161 e. The van der Waals surface area contributed by atoms with E-state index in [0.717, 1.165) is 0 Å². The largest absolute Gasteiger partial charge is 0.184 e. The second kappa shape index (κ2) is 8.35. The van der Waals surface area contributed by atoms with Crippen LogP contribution in [0.2, 0.25) is 11.1 Å². The molecule has 2 unspecified atom stereocenters. The van der Waals surface area contributed by atoms with E-state index in [1.54, 1.807) is 0 Å². The Kier molecular flexibility index (Phi) is 8.48. The standard InChI is InChI=1S/C14H29ClSi/c1-6-9-11-13(4)16(15,8-3)14(5)12-10-7-2/h8,13-14H,3,6-7,9-12H2,1-2,4-5H3. The molecule has 2 heteroatoms. The molecule has 0 rings (SSSR count). The highest BCUT2D eigenvalue weighted by atomic mass is 35.6. The maximum absolute atomic E-state index is 6.92. The van der Waals surface area contributed by atoms with Gasteiger partial charge < -0.3 is 0 Å². The first-order valence-corrected chi connectivity index (χ1v) is 10.1. The van der Waals surface area contributed by atoms with Gasteiger partial charge in [-0.05, 0) is 11.1 Å². The van der Waals surface area contributed by atoms with Crippen molar-refractivity contribution in [2.75, 3.05) is 0 Å². The Balaban J connectivity index is 4.42. The Morgan fingerprint density at radius 2 is 1.44 bits per heavy atom. The predicted molar refractivity (Wildman–Crippen MR) is 79.7 cm³/mol. The maximum Gasteiger partial charge on any atom is 0.184 e. The Morgan fingerprint density at radius 1 is 1.06 bits per heavy atom. The molecule has 0 aromatic rings. The van der Waals surface area contributed by atoms with Gasteiger partial charge in [-0.15, -0.1) is 6.58 Å². The van der Waals surface area contributed by atoms with Crippen LogP contribution >= 0.6 is 11.1 Å². The molecule has 0 aliphatic heterocycles. The highest BCUT2D eigenvalue weighted by Gasteiger charge is 2.38. The van der Waals surface area contributed by atoms with Gasteiger partial charge in [-0.3, -0.25) is 0 Å². The van der Waals surface area contributed by atoms with Gasteiger partial charge in [-0.25, -0.2) is 0 Å². The first-order chi connectivity index (χ1) is 7.52. The third kappa shape index (κ3) is 4.63. The summed E-state index contributed by atoms with van der Waals surface area (Å²) in [7, 11) is -1.77. The van der Waals surface area contributed by atoms with E-state index < -0.39 is 7.38 Å². The molecule has 0 spiro atoms. The first-order valence-electron chi connectivity index (χ1n) is 6.85. The quantitative estimate of drug-likeness (QED) is 0.349. The molecule has 96 valence electrons. The first kappa shape index (κ1) is 16.2. The number of rotatable bonds is 9. The Hall–Kier alpha value is 0.247. The van der Waals surface area contributed by atoms with Gasteiger partial charge in [0.25, 0.3) is 0 Å². The molecule has 0 amide bonds. The molecule has 0 heterocycles. The molecular formula is C14H29ClSi. The van der Waals surface area contributed by atoms with Gasteiger partial charge in [0, 0.05) is 0 Å². The Morgan fingerprint density at radius 3 is 1.69 bits per heavy atom. The van der Waals surface area contributed by atoms with Crippen molar-refractivity contribution >= 4 is 18.5 Å². The topological polar surface area (TPSA) is 0 Å². The van der Waals surface area contributed by atoms with Gasteiger partial charge in [0.1, 0.15) is 0 Å². The summed E-state index contributed by atoms with van der Waals surface area (Å²) in [6.07, 6.45) is 7.69. The fourth-order valence-corrected chi connectivity index (χ4v) is 6.08. The average molecular weight is 261 g/mol. The second-order valence-corrected chi connectivity index (χ2v) is 11.1. The number of unbranched alkanes of at least 4 members (excludes halogenated alkanes) is 2. The van der Waals surface area contributed by atoms with Crippen molar-refractivity contribution in [3.63, 3.8) is 0 Å². The molecule has 0 aromatic heterocycles. The van der Waals surface area contributed by atoms with Gasteiger partial charge in [-0.2, -0.15) is 11.1 Å². The molecular weight excluding hydrogens is 232 g/mol. The Labute approximate surface area is 108 Å². The summed E-state index contributed by atoms with van der Waals surface area (Å²) in [5.74, 6) is 0. The van der Waals surface area contributed by atoms with Crippen molar-refractivity contribution in [3.05, 3.63) is 12.3 Å². The van der Waals surface area contributed by atoms with Crippen molar-refractivity contribution in [1.82, 2.24) is 0 Å². The van der Waals surface area contributed by atoms with Crippen LogP contribution in [-0.4, -0.2) is 7.38 Å². The van der Waals surface area contributed by atoms with Crippen molar-refractivity contribution in [2.24, 2.45) is 0 Å². The molecule has 0 radical (unpaired) electrons. The third-order valence-electron chi connectivity index (χ3n) is 3.80. The molecule has 16 heavy (non-hydrogen) atoms. The van der Waals surface area contributed by atoms with Gasteiger partial charge in [0.05, 0.1) is 0 Å². The lowest BCUT2D eigenvalue weighted by Gasteiger charge is -2.33. The van der Waals surface area contributed by atoms with Crippen LogP contribution in [0.1, 0.15) is 66.2 Å². The SMILES string of the molecule is C=C[Si](Cl)(C(C)CCCC)C(C)CCCC. The second-order valence-electron chi connectivity index (χ2n) is 5.12. The van der Waals surface area contributed by atoms with Crippen LogP contribution in [0.5, 0.6) is 0 Å². The normalized spacial score (nSPS) is 18.8. The van der Waals surface area contributed by atoms with E-state index in [1.165, 1.54) is 38.5 Å². The fourth-order valence-electron chi connectivity index (χ4n) is 2.35. The predicted octanol–water partition coefficient (Wildman–Crippen LogP) is 6.06. The van der Waals surface area contributed by atoms with Crippen LogP contribution in [0.25, 0.3) is 0 Å². The van der Waals surface area contributed by atoms with Gasteiger partial charge >= 0.3 is 0 Å². The van der Waals surface area contributed by atoms with Crippen molar-refractivity contribution in [1.29, 1.82) is 0 Å². The van der Waals surface area contributed by atoms with Gasteiger partial charge in [0.2, 0.25) is 0 Å². The van der Waals surface area contributed by atoms with Crippen molar-refractivity contribution in [2.45, 2.75) is 77.3 Å². The molecule has 0 fully saturated rings. The summed E-state index contributed by atoms with van der Waals surface area (Å²) < 4.78 is 0. The minimum atomic E-state index is -1.77. The van der Waals surface area contributed by atoms with E-state index in [9.17, 15) is 0 Å². The summed E-state index contributed by atoms with van der Waals surface area (Å²) >= 11 is 6.92. The highest BCUT2D eigenvalue weighted by molar-refractivity contribution is 7.24. The van der Waals surface area contributed by atoms with Crippen LogP contribution in [0.3, 0.4) is 0 Å². The molecule has 0 nitrogen and oxygen atoms in total. The van der Waals surface area contributed by atoms with Crippen LogP contribution in [0.15, 0.2) is 12.3 Å². The summed E-state index contributed by atoms with van der Waals surface area (Å²) in [5, 5.41) is 0. The molecule has 0 bridgehead atoms. The molecule has 2 atom stereocenters. The lowest BCUT2D eigenvalue weighted by Crippen LogP contribution is -2.35. The van der Waals surface area contributed by atoms with E-state index in [4.69, 9.17) is 11.1 Å². The molecule has 0 aliphatic rings. The van der Waals surface area contributed by atoms with E-state index in [0.29, 0.717) is 11.1 Å². The van der Waals surface area contributed by atoms with Crippen LogP contribution in [0.4, 0.5) is 0 Å². The maximum atomic E-state index is 6.92. The number of hydrogen-bond donors (Lipinski definition) is 0. The van der Waals surface area contributed by atoms with Crippen LogP contribution in [-0.2, 0) is 0 Å². The van der Waals surface area contributed by atoms with Gasteiger partial charge in [0.15, 0.2) is 7.38 Å². The zero-order chi connectivity index (χ0) is 12.6. The van der Waals surface area contributed by atoms with E-state index >= 15 is 0 Å². The van der Waals surface area contributed by atoms with E-state index in [1.807, 2.05) is 0 Å². The highest BCUT2D eigenvalue weighted by Crippen LogP contribution is 2.42. The van der Waals surface area contributed by atoms with Crippen molar-refractivity contribution < 1.29 is 0 Å². The molecule has 0 N–H and O–H groups in total. The smallest absolute Gasteiger partial charge is 0.161 e. The minimum absolute atomic E-state index is 0.665. The lowest BCUT2D eigenvalue weighted by molar-refractivity contribution is 0.650. The molecule has 0 saturated heterocycles. The summed E-state index contributed by atoms with van der Waals surface area (Å²) in [6, 6.07) is 0. The monoisotopic (exact) mass is 260 g/mol. The number of halogens is 1. The Bertz CT molecular complexity index is 177. The van der Waals surface area contributed by atoms with E-state index in [2.05, 4.69) is 40.0 Å². The van der Waals surface area contributed by atoms with Gasteiger partial charge in [-0.1, -0.05) is 71.9 Å². The molecule has 0 aliphatic carbocycles. The third-order valence-corrected chi connectivity index (χ3v) is 10.7. The number of hydrogen-bond acceptors (Lipinski definition) is 0. The van der Waals surface area contributed by atoms with Crippen molar-refractivity contribution in [3.8, 4) is 0 Å². The fraction of sp³-hybridized carbons (Fsp3) is 0.857. The zero-order valence-corrected chi connectivity index (χ0v) is 13.3. The van der Waals surface area contributed by atoms with E-state index in [-0.39, 0.29) is 0 Å². The summed E-state index contributed by atoms with van der Waals surface area (Å²) in [6.45, 7) is 13.2. The summed E-state index contributed by atoms with van der Waals surface area (Å²) in [4.78, 5) is 0. The summed E-state index contributed by atoms with van der Waals surface area (Å²) in [5.41, 5.74) is 3.45.